The van der Waals surface area contributed by atoms with Crippen LogP contribution < -0.4 is 15.5 Å². The highest BCUT2D eigenvalue weighted by atomic mass is 32.1. The molecule has 2 N–H and O–H groups in total. The van der Waals surface area contributed by atoms with Crippen LogP contribution in [0.3, 0.4) is 0 Å². The molecule has 1 aliphatic rings. The van der Waals surface area contributed by atoms with Crippen molar-refractivity contribution in [2.75, 3.05) is 38.7 Å². The monoisotopic (exact) mass is 412 g/mol. The third-order valence-corrected chi connectivity index (χ3v) is 5.11. The average Bonchev–Trinajstić information content (AvgIpc) is 2.74. The maximum Gasteiger partial charge on any atom is 0.191 e. The Hall–Kier alpha value is -2.48. The molecule has 7 heteroatoms. The molecule has 0 unspecified atom stereocenters. The van der Waals surface area contributed by atoms with Crippen molar-refractivity contribution in [2.24, 2.45) is 5.10 Å². The van der Waals surface area contributed by atoms with Crippen molar-refractivity contribution in [3.8, 4) is 5.75 Å². The molecule has 2 aromatic carbocycles. The van der Waals surface area contributed by atoms with Gasteiger partial charge < -0.3 is 14.8 Å². The quantitative estimate of drug-likeness (QED) is 0.430. The molecule has 0 radical (unpaired) electrons. The Balaban J connectivity index is 1.67. The van der Waals surface area contributed by atoms with E-state index in [2.05, 4.69) is 26.8 Å². The summed E-state index contributed by atoms with van der Waals surface area (Å²) < 4.78 is 11.0. The lowest BCUT2D eigenvalue weighted by molar-refractivity contribution is 0.0339. The molecule has 1 fully saturated rings. The molecule has 0 bridgehead atoms. The fourth-order valence-electron chi connectivity index (χ4n) is 3.19. The smallest absolute Gasteiger partial charge is 0.191 e. The Morgan fingerprint density at radius 2 is 1.97 bits per heavy atom. The van der Waals surface area contributed by atoms with Crippen molar-refractivity contribution in [3.05, 3.63) is 59.2 Å². The summed E-state index contributed by atoms with van der Waals surface area (Å²) in [4.78, 5) is 2.37. The van der Waals surface area contributed by atoms with Gasteiger partial charge in [0.05, 0.1) is 26.0 Å². The van der Waals surface area contributed by atoms with Crippen LogP contribution in [0.2, 0.25) is 0 Å². The Labute approximate surface area is 177 Å². The lowest BCUT2D eigenvalue weighted by Gasteiger charge is -2.27. The van der Waals surface area contributed by atoms with Crippen molar-refractivity contribution in [1.82, 2.24) is 10.3 Å². The van der Waals surface area contributed by atoms with E-state index in [1.807, 2.05) is 50.2 Å². The van der Waals surface area contributed by atoms with Crippen LogP contribution in [0.5, 0.6) is 5.75 Å². The number of hydrogen-bond donors (Lipinski definition) is 2. The largest absolute Gasteiger partial charge is 0.496 e. The van der Waals surface area contributed by atoms with Crippen LogP contribution in [0.25, 0.3) is 0 Å². The van der Waals surface area contributed by atoms with E-state index in [0.29, 0.717) is 5.11 Å². The van der Waals surface area contributed by atoms with Gasteiger partial charge in [-0.3, -0.25) is 10.3 Å². The van der Waals surface area contributed by atoms with Gasteiger partial charge >= 0.3 is 0 Å². The van der Waals surface area contributed by atoms with Gasteiger partial charge in [-0.15, -0.1) is 0 Å². The molecule has 0 atom stereocenters. The number of para-hydroxylation sites is 1. The van der Waals surface area contributed by atoms with E-state index in [0.717, 1.165) is 66.7 Å². The number of hydrazone groups is 1. The van der Waals surface area contributed by atoms with Gasteiger partial charge in [0.15, 0.2) is 5.11 Å². The topological polar surface area (TPSA) is 58.1 Å². The summed E-state index contributed by atoms with van der Waals surface area (Å²) in [6, 6.07) is 14.1. The van der Waals surface area contributed by atoms with Crippen molar-refractivity contribution >= 4 is 28.7 Å². The predicted octanol–water partition coefficient (Wildman–Crippen LogP) is 3.55. The minimum atomic E-state index is 0.459. The molecule has 1 saturated heterocycles. The second-order valence-corrected chi connectivity index (χ2v) is 7.40. The van der Waals surface area contributed by atoms with Crippen LogP contribution in [0.15, 0.2) is 47.6 Å². The van der Waals surface area contributed by atoms with Crippen LogP contribution in [0.1, 0.15) is 23.6 Å². The molecular formula is C22H28N4O2S. The van der Waals surface area contributed by atoms with Gasteiger partial charge in [-0.2, -0.15) is 5.10 Å². The number of methoxy groups -OCH3 is 1. The summed E-state index contributed by atoms with van der Waals surface area (Å²) >= 11 is 5.37. The fourth-order valence-corrected chi connectivity index (χ4v) is 3.35. The van der Waals surface area contributed by atoms with Crippen LogP contribution in [0, 0.1) is 6.92 Å². The average molecular weight is 413 g/mol. The Kier molecular flexibility index (Phi) is 7.57. The molecular weight excluding hydrogens is 384 g/mol. The van der Waals surface area contributed by atoms with Crippen LogP contribution in [-0.4, -0.2) is 49.1 Å². The van der Waals surface area contributed by atoms with Gasteiger partial charge in [0.25, 0.3) is 0 Å². The minimum Gasteiger partial charge on any atom is -0.496 e. The first-order valence-corrected chi connectivity index (χ1v) is 10.1. The van der Waals surface area contributed by atoms with Crippen molar-refractivity contribution in [3.63, 3.8) is 0 Å². The first kappa shape index (κ1) is 21.2. The van der Waals surface area contributed by atoms with E-state index in [1.165, 1.54) is 0 Å². The van der Waals surface area contributed by atoms with E-state index in [9.17, 15) is 0 Å². The fraction of sp³-hybridized carbons (Fsp3) is 0.364. The van der Waals surface area contributed by atoms with Crippen molar-refractivity contribution < 1.29 is 9.47 Å². The zero-order chi connectivity index (χ0) is 20.6. The van der Waals surface area contributed by atoms with Crippen LogP contribution in [0.4, 0.5) is 5.69 Å². The first-order valence-electron chi connectivity index (χ1n) is 9.71. The summed E-state index contributed by atoms with van der Waals surface area (Å²) in [6.07, 6.45) is 0. The minimum absolute atomic E-state index is 0.459. The molecule has 3 rings (SSSR count). The highest BCUT2D eigenvalue weighted by Gasteiger charge is 2.14. The van der Waals surface area contributed by atoms with E-state index >= 15 is 0 Å². The summed E-state index contributed by atoms with van der Waals surface area (Å²) in [5.41, 5.74) is 8.05. The zero-order valence-electron chi connectivity index (χ0n) is 17.2. The van der Waals surface area contributed by atoms with Crippen molar-refractivity contribution in [2.45, 2.75) is 20.4 Å². The summed E-state index contributed by atoms with van der Waals surface area (Å²) in [5, 5.41) is 8.09. The predicted molar refractivity (Wildman–Crippen MR) is 122 cm³/mol. The zero-order valence-corrected chi connectivity index (χ0v) is 18.0. The number of anilines is 1. The van der Waals surface area contributed by atoms with Gasteiger partial charge in [-0.1, -0.05) is 18.2 Å². The van der Waals surface area contributed by atoms with Gasteiger partial charge in [0, 0.05) is 30.9 Å². The number of rotatable bonds is 6. The van der Waals surface area contributed by atoms with E-state index < -0.39 is 0 Å². The molecule has 29 heavy (non-hydrogen) atoms. The van der Waals surface area contributed by atoms with Crippen LogP contribution >= 0.6 is 12.2 Å². The molecule has 1 heterocycles. The standard InChI is InChI=1S/C22H28N4O2S/c1-16-6-4-5-7-20(16)23-22(29)25-24-17(2)18-8-9-21(27-3)19(14-18)15-26-10-12-28-13-11-26/h4-9,14H,10-13,15H2,1-3H3,(H2,23,25,29)/b24-17-. The van der Waals surface area contributed by atoms with Crippen molar-refractivity contribution in [1.29, 1.82) is 0 Å². The summed E-state index contributed by atoms with van der Waals surface area (Å²) in [6.45, 7) is 8.24. The number of benzene rings is 2. The molecule has 0 saturated carbocycles. The lowest BCUT2D eigenvalue weighted by atomic mass is 10.1. The molecule has 2 aromatic rings. The number of aryl methyl sites for hydroxylation is 1. The molecule has 6 nitrogen and oxygen atoms in total. The van der Waals surface area contributed by atoms with Gasteiger partial charge in [0.2, 0.25) is 0 Å². The number of nitrogens with one attached hydrogen (secondary N) is 2. The molecule has 0 spiro atoms. The highest BCUT2D eigenvalue weighted by molar-refractivity contribution is 7.80. The highest BCUT2D eigenvalue weighted by Crippen LogP contribution is 2.22. The normalized spacial score (nSPS) is 15.1. The maximum atomic E-state index is 5.55. The summed E-state index contributed by atoms with van der Waals surface area (Å²) in [5.74, 6) is 0.887. The molecule has 0 aromatic heterocycles. The third kappa shape index (κ3) is 6.00. The number of ether oxygens (including phenoxy) is 2. The van der Waals surface area contributed by atoms with Gasteiger partial charge in [-0.25, -0.2) is 0 Å². The summed E-state index contributed by atoms with van der Waals surface area (Å²) in [7, 11) is 1.70. The maximum absolute atomic E-state index is 5.55. The number of hydrogen-bond acceptors (Lipinski definition) is 5. The Morgan fingerprint density at radius 3 is 2.69 bits per heavy atom. The van der Waals surface area contributed by atoms with Gasteiger partial charge in [0.1, 0.15) is 5.75 Å². The number of thiocarbonyl (C=S) groups is 1. The molecule has 0 amide bonds. The molecule has 1 aliphatic heterocycles. The van der Waals surface area contributed by atoms with E-state index in [1.54, 1.807) is 7.11 Å². The SMILES string of the molecule is COc1ccc(/C(C)=N\NC(=S)Nc2ccccc2C)cc1CN1CCOCC1. The Morgan fingerprint density at radius 1 is 1.21 bits per heavy atom. The number of nitrogens with zero attached hydrogens (tertiary/aromatic N) is 2. The van der Waals surface area contributed by atoms with E-state index in [-0.39, 0.29) is 0 Å². The lowest BCUT2D eigenvalue weighted by Crippen LogP contribution is -2.35. The first-order chi connectivity index (χ1) is 14.1. The Bertz CT molecular complexity index is 879. The number of morpholine rings is 1. The molecule has 0 aliphatic carbocycles. The van der Waals surface area contributed by atoms with Crippen LogP contribution in [-0.2, 0) is 11.3 Å². The third-order valence-electron chi connectivity index (χ3n) is 4.91. The van der Waals surface area contributed by atoms with Gasteiger partial charge in [-0.05, 0) is 61.5 Å². The second kappa shape index (κ2) is 10.3. The molecule has 154 valence electrons. The second-order valence-electron chi connectivity index (χ2n) is 6.99. The van der Waals surface area contributed by atoms with E-state index in [4.69, 9.17) is 21.7 Å².